The standard InChI is InChI=1S/C14H13N3O5S/c1-21-9-4-2-8(3-5-9)12-16-10(7-23-12)13(19)22-6-11(18)17-14(15)20/h2-5,7H,6H2,1H3,(H3,15,17,18,20). The first-order chi connectivity index (χ1) is 11.0. The molecule has 0 aliphatic carbocycles. The van der Waals surface area contributed by atoms with Crippen molar-refractivity contribution in [3.05, 3.63) is 35.3 Å². The van der Waals surface area contributed by atoms with Crippen LogP contribution in [0.5, 0.6) is 5.75 Å². The first kappa shape index (κ1) is 16.4. The fourth-order valence-corrected chi connectivity index (χ4v) is 2.41. The highest BCUT2D eigenvalue weighted by atomic mass is 32.1. The summed E-state index contributed by atoms with van der Waals surface area (Å²) in [5, 5.41) is 3.93. The summed E-state index contributed by atoms with van der Waals surface area (Å²) in [4.78, 5) is 37.6. The summed E-state index contributed by atoms with van der Waals surface area (Å²) in [6, 6.07) is 6.17. The molecule has 3 amide bonds. The number of nitrogens with two attached hydrogens (primary N) is 1. The van der Waals surface area contributed by atoms with Crippen molar-refractivity contribution in [3.63, 3.8) is 0 Å². The van der Waals surface area contributed by atoms with Gasteiger partial charge < -0.3 is 15.2 Å². The second-order valence-corrected chi connectivity index (χ2v) is 5.11. The zero-order valence-corrected chi connectivity index (χ0v) is 12.9. The Morgan fingerprint density at radius 2 is 1.96 bits per heavy atom. The van der Waals surface area contributed by atoms with Crippen molar-refractivity contribution in [1.82, 2.24) is 10.3 Å². The second kappa shape index (κ2) is 7.36. The molecule has 23 heavy (non-hydrogen) atoms. The van der Waals surface area contributed by atoms with Gasteiger partial charge in [0.15, 0.2) is 12.3 Å². The van der Waals surface area contributed by atoms with Gasteiger partial charge in [-0.05, 0) is 24.3 Å². The number of primary amides is 1. The number of hydrogen-bond acceptors (Lipinski definition) is 7. The molecular weight excluding hydrogens is 322 g/mol. The fraction of sp³-hybridized carbons (Fsp3) is 0.143. The van der Waals surface area contributed by atoms with Gasteiger partial charge in [0.2, 0.25) is 0 Å². The van der Waals surface area contributed by atoms with E-state index in [1.54, 1.807) is 24.6 Å². The van der Waals surface area contributed by atoms with Gasteiger partial charge in [0.25, 0.3) is 5.91 Å². The van der Waals surface area contributed by atoms with E-state index in [-0.39, 0.29) is 5.69 Å². The van der Waals surface area contributed by atoms with E-state index in [0.29, 0.717) is 10.8 Å². The second-order valence-electron chi connectivity index (χ2n) is 4.25. The molecule has 0 aliphatic heterocycles. The molecule has 0 saturated carbocycles. The molecule has 0 bridgehead atoms. The summed E-state index contributed by atoms with van der Waals surface area (Å²) in [5.74, 6) is -0.859. The van der Waals surface area contributed by atoms with Crippen molar-refractivity contribution >= 4 is 29.2 Å². The highest BCUT2D eigenvalue weighted by molar-refractivity contribution is 7.13. The van der Waals surface area contributed by atoms with Crippen LogP contribution in [0.4, 0.5) is 4.79 Å². The third kappa shape index (κ3) is 4.51. The fourth-order valence-electron chi connectivity index (χ4n) is 1.61. The van der Waals surface area contributed by atoms with Crippen LogP contribution in [0.3, 0.4) is 0 Å². The minimum absolute atomic E-state index is 0.0766. The van der Waals surface area contributed by atoms with Crippen molar-refractivity contribution in [1.29, 1.82) is 0 Å². The average molecular weight is 335 g/mol. The number of urea groups is 1. The van der Waals surface area contributed by atoms with E-state index in [9.17, 15) is 14.4 Å². The number of aromatic nitrogens is 1. The molecule has 9 heteroatoms. The molecule has 0 aliphatic rings. The first-order valence-electron chi connectivity index (χ1n) is 6.36. The quantitative estimate of drug-likeness (QED) is 0.791. The van der Waals surface area contributed by atoms with Crippen LogP contribution in [-0.4, -0.2) is 36.6 Å². The summed E-state index contributed by atoms with van der Waals surface area (Å²) in [6.45, 7) is -0.614. The maximum absolute atomic E-state index is 11.8. The van der Waals surface area contributed by atoms with Crippen LogP contribution in [0, 0.1) is 0 Å². The number of rotatable bonds is 5. The smallest absolute Gasteiger partial charge is 0.358 e. The van der Waals surface area contributed by atoms with Gasteiger partial charge >= 0.3 is 12.0 Å². The number of ether oxygens (including phenoxy) is 2. The van der Waals surface area contributed by atoms with Crippen LogP contribution in [0.2, 0.25) is 0 Å². The number of nitrogens with one attached hydrogen (secondary N) is 1. The van der Waals surface area contributed by atoms with E-state index in [0.717, 1.165) is 5.56 Å². The molecular formula is C14H13N3O5S. The van der Waals surface area contributed by atoms with E-state index >= 15 is 0 Å². The number of amides is 3. The van der Waals surface area contributed by atoms with Gasteiger partial charge in [-0.2, -0.15) is 0 Å². The van der Waals surface area contributed by atoms with Crippen molar-refractivity contribution in [2.45, 2.75) is 0 Å². The molecule has 8 nitrogen and oxygen atoms in total. The van der Waals surface area contributed by atoms with Crippen molar-refractivity contribution < 1.29 is 23.9 Å². The Morgan fingerprint density at radius 1 is 1.26 bits per heavy atom. The Bertz CT molecular complexity index is 726. The number of carbonyl (C=O) groups excluding carboxylic acids is 3. The zero-order chi connectivity index (χ0) is 16.8. The summed E-state index contributed by atoms with van der Waals surface area (Å²) >= 11 is 1.26. The van der Waals surface area contributed by atoms with Gasteiger partial charge in [-0.3, -0.25) is 10.1 Å². The Morgan fingerprint density at radius 3 is 2.57 bits per heavy atom. The number of imide groups is 1. The van der Waals surface area contributed by atoms with Gasteiger partial charge in [-0.1, -0.05) is 0 Å². The molecule has 1 aromatic carbocycles. The van der Waals surface area contributed by atoms with Crippen LogP contribution < -0.4 is 15.8 Å². The number of methoxy groups -OCH3 is 1. The third-order valence-corrected chi connectivity index (χ3v) is 3.54. The number of thiazole rings is 1. The lowest BCUT2D eigenvalue weighted by Gasteiger charge is -2.02. The molecule has 2 aromatic rings. The minimum Gasteiger partial charge on any atom is -0.497 e. The molecule has 1 heterocycles. The molecule has 1 aromatic heterocycles. The van der Waals surface area contributed by atoms with Crippen LogP contribution >= 0.6 is 11.3 Å². The van der Waals surface area contributed by atoms with Crippen LogP contribution in [0.15, 0.2) is 29.6 Å². The highest BCUT2D eigenvalue weighted by Gasteiger charge is 2.15. The first-order valence-corrected chi connectivity index (χ1v) is 7.24. The highest BCUT2D eigenvalue weighted by Crippen LogP contribution is 2.25. The third-order valence-electron chi connectivity index (χ3n) is 2.65. The lowest BCUT2D eigenvalue weighted by molar-refractivity contribution is -0.123. The largest absolute Gasteiger partial charge is 0.497 e. The molecule has 0 fully saturated rings. The predicted octanol–water partition coefficient (Wildman–Crippen LogP) is 1.17. The summed E-state index contributed by atoms with van der Waals surface area (Å²) < 4.78 is 9.81. The monoisotopic (exact) mass is 335 g/mol. The van der Waals surface area contributed by atoms with E-state index < -0.39 is 24.5 Å². The van der Waals surface area contributed by atoms with Crippen molar-refractivity contribution in [2.24, 2.45) is 5.73 Å². The molecule has 0 saturated heterocycles. The lowest BCUT2D eigenvalue weighted by atomic mass is 10.2. The van der Waals surface area contributed by atoms with Gasteiger partial charge in [-0.15, -0.1) is 11.3 Å². The number of esters is 1. The number of hydrogen-bond donors (Lipinski definition) is 2. The van der Waals surface area contributed by atoms with Crippen molar-refractivity contribution in [3.8, 4) is 16.3 Å². The summed E-state index contributed by atoms with van der Waals surface area (Å²) in [7, 11) is 1.57. The van der Waals surface area contributed by atoms with E-state index in [4.69, 9.17) is 15.2 Å². The summed E-state index contributed by atoms with van der Waals surface area (Å²) in [5.41, 5.74) is 5.67. The molecule has 3 N–H and O–H groups in total. The molecule has 120 valence electrons. The number of nitrogens with zero attached hydrogens (tertiary/aromatic N) is 1. The Balaban J connectivity index is 1.99. The molecule has 0 radical (unpaired) electrons. The van der Waals surface area contributed by atoms with Crippen LogP contribution in [-0.2, 0) is 9.53 Å². The Hall–Kier alpha value is -2.94. The van der Waals surface area contributed by atoms with E-state index in [1.807, 2.05) is 12.1 Å². The number of carbonyl (C=O) groups is 3. The van der Waals surface area contributed by atoms with Gasteiger partial charge in [-0.25, -0.2) is 14.6 Å². The minimum atomic E-state index is -1.01. The average Bonchev–Trinajstić information content (AvgIpc) is 3.02. The lowest BCUT2D eigenvalue weighted by Crippen LogP contribution is -2.37. The van der Waals surface area contributed by atoms with E-state index in [1.165, 1.54) is 16.7 Å². The Labute approximate surface area is 135 Å². The SMILES string of the molecule is COc1ccc(-c2nc(C(=O)OCC(=O)NC(N)=O)cs2)cc1. The van der Waals surface area contributed by atoms with Gasteiger partial charge in [0.1, 0.15) is 10.8 Å². The van der Waals surface area contributed by atoms with Crippen molar-refractivity contribution in [2.75, 3.05) is 13.7 Å². The molecule has 0 atom stereocenters. The van der Waals surface area contributed by atoms with Gasteiger partial charge in [0, 0.05) is 10.9 Å². The topological polar surface area (TPSA) is 121 Å². The van der Waals surface area contributed by atoms with Crippen LogP contribution in [0.25, 0.3) is 10.6 Å². The van der Waals surface area contributed by atoms with E-state index in [2.05, 4.69) is 4.98 Å². The van der Waals surface area contributed by atoms with Crippen LogP contribution in [0.1, 0.15) is 10.5 Å². The Kier molecular flexibility index (Phi) is 5.26. The van der Waals surface area contributed by atoms with Gasteiger partial charge in [0.05, 0.1) is 7.11 Å². The molecule has 0 unspecified atom stereocenters. The molecule has 2 rings (SSSR count). The maximum Gasteiger partial charge on any atom is 0.358 e. The predicted molar refractivity (Wildman–Crippen MR) is 82.1 cm³/mol. The normalized spacial score (nSPS) is 9.96. The summed E-state index contributed by atoms with van der Waals surface area (Å²) in [6.07, 6.45) is 0. The number of benzene rings is 1. The maximum atomic E-state index is 11.8. The zero-order valence-electron chi connectivity index (χ0n) is 12.1. The molecule has 0 spiro atoms.